The minimum absolute atomic E-state index is 0. The van der Waals surface area contributed by atoms with Crippen molar-refractivity contribution in [3.63, 3.8) is 0 Å². The second kappa shape index (κ2) is 9.03. The Morgan fingerprint density at radius 3 is 2.27 bits per heavy atom. The maximum atomic E-state index is 6.11. The molecular weight excluding hydrogens is 353 g/mol. The number of halogens is 2. The van der Waals surface area contributed by atoms with E-state index in [4.69, 9.17) is 3.32 Å². The van der Waals surface area contributed by atoms with Crippen LogP contribution in [0.5, 0.6) is 5.75 Å². The van der Waals surface area contributed by atoms with E-state index in [0.717, 1.165) is 12.2 Å². The molecule has 1 aromatic rings. The zero-order valence-electron chi connectivity index (χ0n) is 13.8. The van der Waals surface area contributed by atoms with E-state index in [1.54, 1.807) is 0 Å². The van der Waals surface area contributed by atoms with Gasteiger partial charge < -0.3 is 0 Å². The molecule has 0 atom stereocenters. The summed E-state index contributed by atoms with van der Waals surface area (Å²) in [5.41, 5.74) is 2.67. The molecule has 0 saturated carbocycles. The van der Waals surface area contributed by atoms with E-state index in [9.17, 15) is 0 Å². The van der Waals surface area contributed by atoms with E-state index in [-0.39, 0.29) is 30.2 Å². The molecule has 0 radical (unpaired) electrons. The fourth-order valence-electron chi connectivity index (χ4n) is 1.98. The van der Waals surface area contributed by atoms with Crippen LogP contribution in [0.1, 0.15) is 32.8 Å². The third-order valence-electron chi connectivity index (χ3n) is 3.34. The van der Waals surface area contributed by atoms with Gasteiger partial charge in [0.1, 0.15) is 0 Å². The summed E-state index contributed by atoms with van der Waals surface area (Å²) in [7, 11) is 4.15. The minimum atomic E-state index is -0.500. The van der Waals surface area contributed by atoms with Crippen molar-refractivity contribution in [3.8, 4) is 5.75 Å². The Hall–Kier alpha value is -0.406. The van der Waals surface area contributed by atoms with Gasteiger partial charge in [0.15, 0.2) is 0 Å². The summed E-state index contributed by atoms with van der Waals surface area (Å²) in [4.78, 5) is 2.14. The van der Waals surface area contributed by atoms with E-state index >= 15 is 0 Å². The molecule has 0 heterocycles. The maximum absolute atomic E-state index is 6.11. The van der Waals surface area contributed by atoms with Crippen molar-refractivity contribution < 1.29 is 22.9 Å². The zero-order valence-corrected chi connectivity index (χ0v) is 17.0. The summed E-state index contributed by atoms with van der Waals surface area (Å²) in [6.45, 7) is 6.72. The normalized spacial score (nSPS) is 12.9. The van der Waals surface area contributed by atoms with Gasteiger partial charge in [-0.25, -0.2) is 0 Å². The van der Waals surface area contributed by atoms with E-state index in [1.807, 2.05) is 0 Å². The molecule has 0 saturated heterocycles. The summed E-state index contributed by atoms with van der Waals surface area (Å²) < 4.78 is 7.56. The van der Waals surface area contributed by atoms with Crippen molar-refractivity contribution >= 4 is 30.5 Å². The van der Waals surface area contributed by atoms with Gasteiger partial charge in [-0.2, -0.15) is 0 Å². The Morgan fingerprint density at radius 2 is 1.77 bits per heavy atom. The fraction of sp³-hybridized carbons (Fsp3) is 0.412. The van der Waals surface area contributed by atoms with Gasteiger partial charge in [0.25, 0.3) is 0 Å². The van der Waals surface area contributed by atoms with Crippen molar-refractivity contribution in [2.24, 2.45) is 0 Å². The largest absolute Gasteiger partial charge is 0.147 e. The number of hydrogen-bond donors (Lipinski definition) is 0. The van der Waals surface area contributed by atoms with Crippen LogP contribution >= 0.6 is 24.8 Å². The summed E-state index contributed by atoms with van der Waals surface area (Å²) in [6.07, 6.45) is 7.58. The first-order valence-electron chi connectivity index (χ1n) is 6.98. The molecule has 122 valence electrons. The summed E-state index contributed by atoms with van der Waals surface area (Å²) in [5.74, 6) is 1.01. The SMILES string of the molecule is CN(C)c1cc([O][Ti][C]2=CC=CC2)cc(C(C)(C)C)c1.Cl.Cl. The second-order valence-electron chi connectivity index (χ2n) is 6.39. The van der Waals surface area contributed by atoms with Gasteiger partial charge in [0.05, 0.1) is 0 Å². The second-order valence-corrected chi connectivity index (χ2v) is 8.03. The predicted octanol–water partition coefficient (Wildman–Crippen LogP) is 5.11. The van der Waals surface area contributed by atoms with Gasteiger partial charge in [-0.15, -0.1) is 24.8 Å². The molecule has 0 fully saturated rings. The van der Waals surface area contributed by atoms with Crippen LogP contribution in [0, 0.1) is 0 Å². The van der Waals surface area contributed by atoms with Crippen molar-refractivity contribution in [2.75, 3.05) is 19.0 Å². The third-order valence-corrected chi connectivity index (χ3v) is 4.86. The van der Waals surface area contributed by atoms with Crippen molar-refractivity contribution in [3.05, 3.63) is 45.9 Å². The average molecular weight is 378 g/mol. The molecule has 0 aromatic heterocycles. The number of allylic oxidation sites excluding steroid dienone is 4. The summed E-state index contributed by atoms with van der Waals surface area (Å²) in [6, 6.07) is 6.59. The van der Waals surface area contributed by atoms with Crippen LogP contribution in [0.15, 0.2) is 40.3 Å². The number of benzene rings is 1. The maximum Gasteiger partial charge on any atom is -0.147 e. The van der Waals surface area contributed by atoms with Gasteiger partial charge in [-0.3, -0.25) is 0 Å². The van der Waals surface area contributed by atoms with Gasteiger partial charge >= 0.3 is 132 Å². The Morgan fingerprint density at radius 1 is 1.09 bits per heavy atom. The standard InChI is InChI=1S/C12H19NO.C5H5.2ClH.Ti/c1-12(2,3)9-6-10(13(4)5)8-11(14)7-9;1-2-4-5-3-1;;;/h6-8,14H,1-5H3;1-3H,4H2;2*1H;/q;;;;+1/p-1. The van der Waals surface area contributed by atoms with Crippen LogP contribution in [0.25, 0.3) is 0 Å². The molecule has 5 heteroatoms. The van der Waals surface area contributed by atoms with Gasteiger partial charge in [-0.05, 0) is 0 Å². The predicted molar refractivity (Wildman–Crippen MR) is 96.4 cm³/mol. The van der Waals surface area contributed by atoms with E-state index in [2.05, 4.69) is 76.2 Å². The van der Waals surface area contributed by atoms with Crippen molar-refractivity contribution in [1.82, 2.24) is 0 Å². The van der Waals surface area contributed by atoms with Crippen LogP contribution in [0.3, 0.4) is 0 Å². The summed E-state index contributed by atoms with van der Waals surface area (Å²) in [5, 5.41) is 0. The molecule has 1 aliphatic carbocycles. The average Bonchev–Trinajstić information content (AvgIpc) is 2.88. The van der Waals surface area contributed by atoms with Crippen molar-refractivity contribution in [1.29, 1.82) is 0 Å². The molecular formula is C17H25Cl2NOTi. The molecule has 0 spiro atoms. The molecule has 0 N–H and O–H groups in total. The molecule has 0 bridgehead atoms. The fourth-order valence-corrected chi connectivity index (χ4v) is 3.12. The molecule has 1 aromatic carbocycles. The number of hydrogen-bond acceptors (Lipinski definition) is 2. The first-order valence-corrected chi connectivity index (χ1v) is 8.39. The van der Waals surface area contributed by atoms with Gasteiger partial charge in [-0.1, -0.05) is 0 Å². The quantitative estimate of drug-likeness (QED) is 0.675. The van der Waals surface area contributed by atoms with E-state index in [1.165, 1.54) is 15.1 Å². The molecule has 1 aliphatic rings. The van der Waals surface area contributed by atoms with Crippen LogP contribution in [-0.4, -0.2) is 14.1 Å². The zero-order chi connectivity index (χ0) is 14.8. The van der Waals surface area contributed by atoms with E-state index in [0.29, 0.717) is 0 Å². The Bertz CT molecular complexity index is 548. The van der Waals surface area contributed by atoms with Gasteiger partial charge in [0.2, 0.25) is 0 Å². The topological polar surface area (TPSA) is 12.5 Å². The minimum Gasteiger partial charge on any atom is -0.147 e. The number of anilines is 1. The van der Waals surface area contributed by atoms with Crippen LogP contribution < -0.4 is 8.22 Å². The Kier molecular flexibility index (Phi) is 8.86. The van der Waals surface area contributed by atoms with Crippen LogP contribution in [0.4, 0.5) is 5.69 Å². The smallest absolute Gasteiger partial charge is 0.147 e. The molecule has 2 rings (SSSR count). The number of rotatable bonds is 4. The molecule has 22 heavy (non-hydrogen) atoms. The Balaban J connectivity index is 0.00000220. The first kappa shape index (κ1) is 21.6. The molecule has 2 nitrogen and oxygen atoms in total. The first-order chi connectivity index (χ1) is 9.36. The van der Waals surface area contributed by atoms with Crippen LogP contribution in [-0.2, 0) is 25.0 Å². The Labute approximate surface area is 156 Å². The van der Waals surface area contributed by atoms with E-state index < -0.39 is 19.5 Å². The third kappa shape index (κ3) is 6.00. The summed E-state index contributed by atoms with van der Waals surface area (Å²) >= 11 is -0.500. The number of nitrogens with zero attached hydrogens (tertiary/aromatic N) is 1. The van der Waals surface area contributed by atoms with Crippen molar-refractivity contribution in [2.45, 2.75) is 32.6 Å². The molecule has 0 aliphatic heterocycles. The van der Waals surface area contributed by atoms with Crippen LogP contribution in [0.2, 0.25) is 0 Å². The molecule has 0 amide bonds. The van der Waals surface area contributed by atoms with Gasteiger partial charge in [0, 0.05) is 0 Å². The molecule has 0 unspecified atom stereocenters. The monoisotopic (exact) mass is 377 g/mol.